The molecule has 5 nitrogen and oxygen atoms in total. The fourth-order valence-electron chi connectivity index (χ4n) is 2.31. The van der Waals surface area contributed by atoms with Gasteiger partial charge in [-0.15, -0.1) is 0 Å². The largest absolute Gasteiger partial charge is 0.369 e. The van der Waals surface area contributed by atoms with Crippen LogP contribution in [-0.2, 0) is 6.54 Å². The molecular weight excluding hydrogens is 226 g/mol. The minimum Gasteiger partial charge on any atom is -0.369 e. The number of hydrogen-bond acceptors (Lipinski definition) is 4. The predicted molar refractivity (Wildman–Crippen MR) is 72.3 cm³/mol. The van der Waals surface area contributed by atoms with Gasteiger partial charge in [0.15, 0.2) is 5.65 Å². The Morgan fingerprint density at radius 2 is 2.28 bits per heavy atom. The van der Waals surface area contributed by atoms with Crippen LogP contribution in [0.4, 0.5) is 5.95 Å². The van der Waals surface area contributed by atoms with Crippen molar-refractivity contribution in [3.63, 3.8) is 0 Å². The molecule has 0 amide bonds. The van der Waals surface area contributed by atoms with Crippen molar-refractivity contribution in [2.45, 2.75) is 32.4 Å². The highest BCUT2D eigenvalue weighted by molar-refractivity contribution is 5.74. The quantitative estimate of drug-likeness (QED) is 0.885. The lowest BCUT2D eigenvalue weighted by Gasteiger charge is -2.16. The molecule has 2 heterocycles. The molecule has 96 valence electrons. The van der Waals surface area contributed by atoms with Crippen LogP contribution in [-0.4, -0.2) is 39.1 Å². The summed E-state index contributed by atoms with van der Waals surface area (Å²) in [7, 11) is 2.17. The van der Waals surface area contributed by atoms with Crippen LogP contribution in [0.1, 0.15) is 18.4 Å². The lowest BCUT2D eigenvalue weighted by Crippen LogP contribution is -2.25. The molecule has 0 bridgehead atoms. The molecule has 0 aromatic carbocycles. The molecule has 3 rings (SSSR count). The molecule has 0 radical (unpaired) electrons. The first-order valence-electron chi connectivity index (χ1n) is 6.44. The van der Waals surface area contributed by atoms with E-state index < -0.39 is 0 Å². The Kier molecular flexibility index (Phi) is 2.70. The summed E-state index contributed by atoms with van der Waals surface area (Å²) in [5, 5.41) is 0. The Labute approximate surface area is 107 Å². The fourth-order valence-corrected chi connectivity index (χ4v) is 2.31. The van der Waals surface area contributed by atoms with Crippen molar-refractivity contribution < 1.29 is 0 Å². The molecule has 2 aromatic heterocycles. The van der Waals surface area contributed by atoms with E-state index in [1.54, 1.807) is 0 Å². The van der Waals surface area contributed by atoms with E-state index in [0.717, 1.165) is 35.9 Å². The van der Waals surface area contributed by atoms with E-state index in [4.69, 9.17) is 5.73 Å². The summed E-state index contributed by atoms with van der Waals surface area (Å²) in [6.07, 6.45) is 4.52. The highest BCUT2D eigenvalue weighted by Gasteiger charge is 2.25. The maximum Gasteiger partial charge on any atom is 0.202 e. The number of aromatic nitrogens is 3. The molecule has 2 N–H and O–H groups in total. The number of likely N-dealkylation sites (N-methyl/N-ethyl adjacent to an activating group) is 1. The molecule has 0 atom stereocenters. The Hall–Kier alpha value is -1.62. The summed E-state index contributed by atoms with van der Waals surface area (Å²) in [5.74, 6) is 0.562. The SMILES string of the molecule is Cc1cnc2c(c1)nc(N)n2CCN(C)C1CC1. The van der Waals surface area contributed by atoms with Crippen LogP contribution in [0.2, 0.25) is 0 Å². The van der Waals surface area contributed by atoms with Crippen molar-refractivity contribution in [1.29, 1.82) is 0 Å². The summed E-state index contributed by atoms with van der Waals surface area (Å²) >= 11 is 0. The smallest absolute Gasteiger partial charge is 0.202 e. The van der Waals surface area contributed by atoms with Gasteiger partial charge in [0.1, 0.15) is 5.52 Å². The molecule has 1 fully saturated rings. The van der Waals surface area contributed by atoms with Gasteiger partial charge in [-0.05, 0) is 38.4 Å². The first kappa shape index (κ1) is 11.5. The van der Waals surface area contributed by atoms with Crippen molar-refractivity contribution in [3.05, 3.63) is 17.8 Å². The molecule has 18 heavy (non-hydrogen) atoms. The second kappa shape index (κ2) is 4.24. The van der Waals surface area contributed by atoms with Crippen molar-refractivity contribution in [2.24, 2.45) is 0 Å². The number of anilines is 1. The number of rotatable bonds is 4. The number of hydrogen-bond donors (Lipinski definition) is 1. The average Bonchev–Trinajstić information content (AvgIpc) is 3.11. The van der Waals surface area contributed by atoms with Crippen LogP contribution in [0.3, 0.4) is 0 Å². The second-order valence-electron chi connectivity index (χ2n) is 5.19. The molecular formula is C13H19N5. The van der Waals surface area contributed by atoms with Gasteiger partial charge in [0.25, 0.3) is 0 Å². The molecule has 0 saturated heterocycles. The first-order chi connectivity index (χ1) is 8.65. The third-order valence-corrected chi connectivity index (χ3v) is 3.60. The third-order valence-electron chi connectivity index (χ3n) is 3.60. The lowest BCUT2D eigenvalue weighted by atomic mass is 10.3. The Morgan fingerprint density at radius 3 is 3.00 bits per heavy atom. The number of imidazole rings is 1. The van der Waals surface area contributed by atoms with E-state index in [1.165, 1.54) is 12.8 Å². The maximum absolute atomic E-state index is 5.97. The Balaban J connectivity index is 1.83. The number of nitrogen functional groups attached to an aromatic ring is 1. The van der Waals surface area contributed by atoms with Gasteiger partial charge in [0, 0.05) is 25.3 Å². The number of pyridine rings is 1. The van der Waals surface area contributed by atoms with Gasteiger partial charge in [0.2, 0.25) is 5.95 Å². The van der Waals surface area contributed by atoms with Crippen LogP contribution in [0, 0.1) is 6.92 Å². The first-order valence-corrected chi connectivity index (χ1v) is 6.44. The number of nitrogens with two attached hydrogens (primary N) is 1. The molecule has 1 aliphatic rings. The van der Waals surface area contributed by atoms with Crippen LogP contribution in [0.5, 0.6) is 0 Å². The molecule has 1 aliphatic carbocycles. The van der Waals surface area contributed by atoms with Gasteiger partial charge < -0.3 is 10.6 Å². The van der Waals surface area contributed by atoms with Crippen molar-refractivity contribution in [3.8, 4) is 0 Å². The van der Waals surface area contributed by atoms with Crippen molar-refractivity contribution >= 4 is 17.1 Å². The van der Waals surface area contributed by atoms with Crippen LogP contribution in [0.15, 0.2) is 12.3 Å². The van der Waals surface area contributed by atoms with E-state index in [2.05, 4.69) is 21.9 Å². The van der Waals surface area contributed by atoms with Crippen LogP contribution >= 0.6 is 0 Å². The van der Waals surface area contributed by atoms with Crippen LogP contribution in [0.25, 0.3) is 11.2 Å². The standard InChI is InChI=1S/C13H19N5/c1-9-7-11-12(15-8-9)18(13(14)16-11)6-5-17(2)10-3-4-10/h7-8,10H,3-6H2,1-2H3,(H2,14,16). The number of nitrogens with zero attached hydrogens (tertiary/aromatic N) is 4. The average molecular weight is 245 g/mol. The zero-order chi connectivity index (χ0) is 12.7. The summed E-state index contributed by atoms with van der Waals surface area (Å²) in [5.41, 5.74) is 8.87. The summed E-state index contributed by atoms with van der Waals surface area (Å²) in [6, 6.07) is 2.80. The van der Waals surface area contributed by atoms with Crippen molar-refractivity contribution in [1.82, 2.24) is 19.4 Å². The summed E-state index contributed by atoms with van der Waals surface area (Å²) in [6.45, 7) is 3.86. The normalized spacial score (nSPS) is 15.7. The van der Waals surface area contributed by atoms with E-state index in [-0.39, 0.29) is 0 Å². The molecule has 5 heteroatoms. The van der Waals surface area contributed by atoms with Crippen LogP contribution < -0.4 is 5.73 Å². The Morgan fingerprint density at radius 1 is 1.50 bits per heavy atom. The topological polar surface area (TPSA) is 60.0 Å². The van der Waals surface area contributed by atoms with Gasteiger partial charge in [-0.25, -0.2) is 9.97 Å². The van der Waals surface area contributed by atoms with Gasteiger partial charge >= 0.3 is 0 Å². The zero-order valence-electron chi connectivity index (χ0n) is 10.9. The second-order valence-corrected chi connectivity index (χ2v) is 5.19. The summed E-state index contributed by atoms with van der Waals surface area (Å²) < 4.78 is 2.01. The molecule has 0 aliphatic heterocycles. The van der Waals surface area contributed by atoms with Gasteiger partial charge in [-0.2, -0.15) is 0 Å². The Bertz CT molecular complexity index is 570. The third kappa shape index (κ3) is 2.06. The minimum absolute atomic E-state index is 0.562. The highest BCUT2D eigenvalue weighted by atomic mass is 15.2. The van der Waals surface area contributed by atoms with Crippen molar-refractivity contribution in [2.75, 3.05) is 19.3 Å². The van der Waals surface area contributed by atoms with Gasteiger partial charge in [-0.1, -0.05) is 0 Å². The lowest BCUT2D eigenvalue weighted by molar-refractivity contribution is 0.311. The van der Waals surface area contributed by atoms with Gasteiger partial charge in [0.05, 0.1) is 0 Å². The highest BCUT2D eigenvalue weighted by Crippen LogP contribution is 2.25. The molecule has 0 spiro atoms. The van der Waals surface area contributed by atoms with E-state index in [0.29, 0.717) is 5.95 Å². The molecule has 2 aromatic rings. The monoisotopic (exact) mass is 245 g/mol. The number of fused-ring (bicyclic) bond motifs is 1. The van der Waals surface area contributed by atoms with E-state index >= 15 is 0 Å². The maximum atomic E-state index is 5.97. The summed E-state index contributed by atoms with van der Waals surface area (Å²) in [4.78, 5) is 11.2. The van der Waals surface area contributed by atoms with E-state index in [9.17, 15) is 0 Å². The zero-order valence-corrected chi connectivity index (χ0v) is 10.9. The fraction of sp³-hybridized carbons (Fsp3) is 0.538. The van der Waals surface area contributed by atoms with Gasteiger partial charge in [-0.3, -0.25) is 4.57 Å². The molecule has 1 saturated carbocycles. The molecule has 0 unspecified atom stereocenters. The number of aryl methyl sites for hydroxylation is 1. The predicted octanol–water partition coefficient (Wildman–Crippen LogP) is 1.42. The minimum atomic E-state index is 0.562. The van der Waals surface area contributed by atoms with E-state index in [1.807, 2.05) is 23.8 Å².